The molecule has 0 aliphatic rings. The molecule has 2 rings (SSSR count). The first-order chi connectivity index (χ1) is 9.10. The maximum atomic E-state index is 10.8. The molecule has 19 heavy (non-hydrogen) atoms. The number of carboxylic acid groups (broad SMARTS) is 1. The van der Waals surface area contributed by atoms with Gasteiger partial charge in [0.2, 0.25) is 0 Å². The smallest absolute Gasteiger partial charge is 0.335 e. The fourth-order valence-corrected chi connectivity index (χ4v) is 1.69. The Bertz CT molecular complexity index is 605. The fourth-order valence-electron chi connectivity index (χ4n) is 1.69. The van der Waals surface area contributed by atoms with Crippen molar-refractivity contribution < 1.29 is 19.4 Å². The van der Waals surface area contributed by atoms with E-state index in [4.69, 9.17) is 14.6 Å². The molecule has 0 heterocycles. The molecule has 0 bridgehead atoms. The lowest BCUT2D eigenvalue weighted by Crippen LogP contribution is -1.97. The van der Waals surface area contributed by atoms with Crippen LogP contribution in [0.3, 0.4) is 0 Å². The summed E-state index contributed by atoms with van der Waals surface area (Å²) in [7, 11) is 1.59. The molecule has 1 N–H and O–H groups in total. The number of carboxylic acids is 1. The molecule has 4 heteroatoms. The number of aryl methyl sites for hydroxylation is 1. The second kappa shape index (κ2) is 5.44. The van der Waals surface area contributed by atoms with Gasteiger partial charge in [0.05, 0.1) is 12.7 Å². The lowest BCUT2D eigenvalue weighted by Gasteiger charge is -2.10. The van der Waals surface area contributed by atoms with Gasteiger partial charge in [0.1, 0.15) is 17.2 Å². The summed E-state index contributed by atoms with van der Waals surface area (Å²) in [5.41, 5.74) is 1.01. The lowest BCUT2D eigenvalue weighted by atomic mass is 10.1. The number of rotatable bonds is 4. The van der Waals surface area contributed by atoms with Crippen LogP contribution in [0, 0.1) is 6.92 Å². The molecule has 0 aliphatic heterocycles. The molecular formula is C15H14O4. The van der Waals surface area contributed by atoms with Crippen molar-refractivity contribution in [2.45, 2.75) is 6.92 Å². The number of carbonyl (C=O) groups is 1. The summed E-state index contributed by atoms with van der Waals surface area (Å²) < 4.78 is 10.8. The zero-order chi connectivity index (χ0) is 13.8. The average Bonchev–Trinajstić information content (AvgIpc) is 2.41. The highest BCUT2D eigenvalue weighted by molar-refractivity contribution is 5.88. The molecule has 2 aromatic carbocycles. The molecule has 2 aromatic rings. The van der Waals surface area contributed by atoms with Gasteiger partial charge in [-0.05, 0) is 42.8 Å². The van der Waals surface area contributed by atoms with Crippen LogP contribution in [0.2, 0.25) is 0 Å². The topological polar surface area (TPSA) is 55.8 Å². The Morgan fingerprint density at radius 1 is 1.11 bits per heavy atom. The standard InChI is InChI=1S/C15H14O4/c1-10-8-11(15(16)17)6-7-14(10)19-13-5-3-4-12(9-13)18-2/h3-9H,1-2H3,(H,16,17). The van der Waals surface area contributed by atoms with Crippen LogP contribution < -0.4 is 9.47 Å². The van der Waals surface area contributed by atoms with E-state index in [-0.39, 0.29) is 5.56 Å². The maximum absolute atomic E-state index is 10.8. The minimum absolute atomic E-state index is 0.246. The van der Waals surface area contributed by atoms with Crippen molar-refractivity contribution in [2.24, 2.45) is 0 Å². The molecule has 0 aliphatic carbocycles. The summed E-state index contributed by atoms with van der Waals surface area (Å²) >= 11 is 0. The first-order valence-corrected chi connectivity index (χ1v) is 5.76. The second-order valence-electron chi connectivity index (χ2n) is 4.07. The zero-order valence-corrected chi connectivity index (χ0v) is 10.7. The third-order valence-electron chi connectivity index (χ3n) is 2.69. The Labute approximate surface area is 111 Å². The van der Waals surface area contributed by atoms with Crippen molar-refractivity contribution in [1.82, 2.24) is 0 Å². The van der Waals surface area contributed by atoms with Gasteiger partial charge in [-0.15, -0.1) is 0 Å². The van der Waals surface area contributed by atoms with Gasteiger partial charge in [-0.1, -0.05) is 6.07 Å². The van der Waals surface area contributed by atoms with Crippen LogP contribution >= 0.6 is 0 Å². The van der Waals surface area contributed by atoms with E-state index in [0.29, 0.717) is 17.2 Å². The van der Waals surface area contributed by atoms with E-state index in [1.54, 1.807) is 25.3 Å². The van der Waals surface area contributed by atoms with Crippen molar-refractivity contribution in [2.75, 3.05) is 7.11 Å². The second-order valence-corrected chi connectivity index (χ2v) is 4.07. The van der Waals surface area contributed by atoms with Gasteiger partial charge in [-0.3, -0.25) is 0 Å². The van der Waals surface area contributed by atoms with E-state index < -0.39 is 5.97 Å². The van der Waals surface area contributed by atoms with Crippen LogP contribution in [-0.2, 0) is 0 Å². The highest BCUT2D eigenvalue weighted by Crippen LogP contribution is 2.28. The van der Waals surface area contributed by atoms with E-state index in [2.05, 4.69) is 0 Å². The Kier molecular flexibility index (Phi) is 3.71. The van der Waals surface area contributed by atoms with Crippen LogP contribution in [0.4, 0.5) is 0 Å². The quantitative estimate of drug-likeness (QED) is 0.912. The minimum Gasteiger partial charge on any atom is -0.497 e. The lowest BCUT2D eigenvalue weighted by molar-refractivity contribution is 0.0697. The summed E-state index contributed by atoms with van der Waals surface area (Å²) in [6.07, 6.45) is 0. The van der Waals surface area contributed by atoms with E-state index in [9.17, 15) is 4.79 Å². The number of hydrogen-bond acceptors (Lipinski definition) is 3. The minimum atomic E-state index is -0.948. The number of methoxy groups -OCH3 is 1. The fraction of sp³-hybridized carbons (Fsp3) is 0.133. The van der Waals surface area contributed by atoms with Gasteiger partial charge in [-0.2, -0.15) is 0 Å². The van der Waals surface area contributed by atoms with E-state index >= 15 is 0 Å². The third-order valence-corrected chi connectivity index (χ3v) is 2.69. The molecule has 0 aromatic heterocycles. The van der Waals surface area contributed by atoms with Gasteiger partial charge in [0.25, 0.3) is 0 Å². The number of benzene rings is 2. The molecule has 0 saturated carbocycles. The number of ether oxygens (including phenoxy) is 2. The van der Waals surface area contributed by atoms with Crippen LogP contribution in [0.5, 0.6) is 17.2 Å². The molecule has 0 radical (unpaired) electrons. The molecule has 0 fully saturated rings. The highest BCUT2D eigenvalue weighted by Gasteiger charge is 2.07. The summed E-state index contributed by atoms with van der Waals surface area (Å²) in [6.45, 7) is 1.81. The van der Waals surface area contributed by atoms with Crippen molar-refractivity contribution in [3.8, 4) is 17.2 Å². The van der Waals surface area contributed by atoms with Crippen molar-refractivity contribution in [1.29, 1.82) is 0 Å². The molecular weight excluding hydrogens is 244 g/mol. The Morgan fingerprint density at radius 2 is 1.84 bits per heavy atom. The SMILES string of the molecule is COc1cccc(Oc2ccc(C(=O)O)cc2C)c1. The monoisotopic (exact) mass is 258 g/mol. The van der Waals surface area contributed by atoms with Gasteiger partial charge >= 0.3 is 5.97 Å². The summed E-state index contributed by atoms with van der Waals surface area (Å²) in [5, 5.41) is 8.90. The van der Waals surface area contributed by atoms with Gasteiger partial charge < -0.3 is 14.6 Å². The van der Waals surface area contributed by atoms with Crippen LogP contribution in [0.25, 0.3) is 0 Å². The molecule has 0 spiro atoms. The third kappa shape index (κ3) is 3.04. The van der Waals surface area contributed by atoms with Crippen molar-refractivity contribution >= 4 is 5.97 Å². The van der Waals surface area contributed by atoms with Gasteiger partial charge in [0.15, 0.2) is 0 Å². The summed E-state index contributed by atoms with van der Waals surface area (Å²) in [5.74, 6) is 1.03. The molecule has 0 amide bonds. The van der Waals surface area contributed by atoms with Crippen LogP contribution in [0.1, 0.15) is 15.9 Å². The number of aromatic carboxylic acids is 1. The summed E-state index contributed by atoms with van der Waals surface area (Å²) in [6, 6.07) is 12.0. The molecule has 4 nitrogen and oxygen atoms in total. The molecule has 0 unspecified atom stereocenters. The Balaban J connectivity index is 2.25. The largest absolute Gasteiger partial charge is 0.497 e. The van der Waals surface area contributed by atoms with E-state index in [0.717, 1.165) is 5.56 Å². The predicted octanol–water partition coefficient (Wildman–Crippen LogP) is 3.49. The molecule has 0 atom stereocenters. The normalized spacial score (nSPS) is 10.0. The Hall–Kier alpha value is -2.49. The zero-order valence-electron chi connectivity index (χ0n) is 10.7. The van der Waals surface area contributed by atoms with Gasteiger partial charge in [0, 0.05) is 6.07 Å². The average molecular weight is 258 g/mol. The first-order valence-electron chi connectivity index (χ1n) is 5.76. The van der Waals surface area contributed by atoms with Crippen molar-refractivity contribution in [3.63, 3.8) is 0 Å². The predicted molar refractivity (Wildman–Crippen MR) is 71.2 cm³/mol. The summed E-state index contributed by atoms with van der Waals surface area (Å²) in [4.78, 5) is 10.8. The molecule has 0 saturated heterocycles. The van der Waals surface area contributed by atoms with Crippen molar-refractivity contribution in [3.05, 3.63) is 53.6 Å². The highest BCUT2D eigenvalue weighted by atomic mass is 16.5. The van der Waals surface area contributed by atoms with Crippen LogP contribution in [0.15, 0.2) is 42.5 Å². The van der Waals surface area contributed by atoms with Crippen LogP contribution in [-0.4, -0.2) is 18.2 Å². The van der Waals surface area contributed by atoms with E-state index in [1.165, 1.54) is 6.07 Å². The van der Waals surface area contributed by atoms with Gasteiger partial charge in [-0.25, -0.2) is 4.79 Å². The molecule has 98 valence electrons. The maximum Gasteiger partial charge on any atom is 0.335 e. The van der Waals surface area contributed by atoms with E-state index in [1.807, 2.05) is 25.1 Å². The first kappa shape index (κ1) is 13.0. The Morgan fingerprint density at radius 3 is 2.47 bits per heavy atom. The number of hydrogen-bond donors (Lipinski definition) is 1.